The zero-order chi connectivity index (χ0) is 12.1. The lowest BCUT2D eigenvalue weighted by molar-refractivity contribution is 0.240. The minimum Gasteiger partial charge on any atom is -0.411 e. The average molecular weight is 237 g/mol. The Morgan fingerprint density at radius 2 is 2.00 bits per heavy atom. The molecule has 0 saturated heterocycles. The van der Waals surface area contributed by atoms with Crippen LogP contribution in [0.1, 0.15) is 34.1 Å². The number of oxime groups is 1. The van der Waals surface area contributed by atoms with Gasteiger partial charge >= 0.3 is 7.60 Å². The van der Waals surface area contributed by atoms with Crippen LogP contribution in [0.5, 0.6) is 0 Å². The van der Waals surface area contributed by atoms with Crippen molar-refractivity contribution in [2.24, 2.45) is 11.1 Å². The molecule has 2 unspecified atom stereocenters. The summed E-state index contributed by atoms with van der Waals surface area (Å²) in [5.41, 5.74) is -0.569. The lowest BCUT2D eigenvalue weighted by Crippen LogP contribution is -2.16. The molecule has 0 amide bonds. The van der Waals surface area contributed by atoms with Gasteiger partial charge in [-0.2, -0.15) is 0 Å². The Labute approximate surface area is 90.7 Å². The van der Waals surface area contributed by atoms with E-state index >= 15 is 0 Å². The van der Waals surface area contributed by atoms with Crippen LogP contribution in [0, 0.1) is 5.92 Å². The van der Waals surface area contributed by atoms with Crippen LogP contribution in [0.2, 0.25) is 0 Å². The van der Waals surface area contributed by atoms with Crippen molar-refractivity contribution >= 4 is 13.3 Å². The number of rotatable bonds is 6. The maximum absolute atomic E-state index is 11.6. The number of nitrogens with zero attached hydrogens (tertiary/aromatic N) is 1. The van der Waals surface area contributed by atoms with Gasteiger partial charge in [0, 0.05) is 0 Å². The van der Waals surface area contributed by atoms with Crippen molar-refractivity contribution in [2.75, 3.05) is 6.61 Å². The second-order valence-electron chi connectivity index (χ2n) is 4.00. The van der Waals surface area contributed by atoms with Crippen LogP contribution in [-0.4, -0.2) is 28.1 Å². The van der Waals surface area contributed by atoms with E-state index in [0.717, 1.165) is 6.42 Å². The molecule has 0 aliphatic carbocycles. The van der Waals surface area contributed by atoms with Crippen molar-refractivity contribution in [1.29, 1.82) is 0 Å². The SMILES string of the molecule is CC(=NO)C(C)P(=O)(O)OCCC(C)C. The molecular weight excluding hydrogens is 217 g/mol. The first-order valence-corrected chi connectivity index (χ1v) is 6.61. The van der Waals surface area contributed by atoms with E-state index < -0.39 is 13.3 Å². The number of hydrogen-bond acceptors (Lipinski definition) is 4. The minimum atomic E-state index is -3.70. The van der Waals surface area contributed by atoms with Crippen molar-refractivity contribution in [3.63, 3.8) is 0 Å². The van der Waals surface area contributed by atoms with Crippen molar-refractivity contribution in [1.82, 2.24) is 0 Å². The summed E-state index contributed by atoms with van der Waals surface area (Å²) in [6, 6.07) is 0. The fraction of sp³-hybridized carbons (Fsp3) is 0.889. The smallest absolute Gasteiger partial charge is 0.336 e. The topological polar surface area (TPSA) is 79.1 Å². The monoisotopic (exact) mass is 237 g/mol. The van der Waals surface area contributed by atoms with E-state index in [-0.39, 0.29) is 12.3 Å². The van der Waals surface area contributed by atoms with Gasteiger partial charge in [-0.05, 0) is 26.2 Å². The first-order chi connectivity index (χ1) is 6.81. The fourth-order valence-corrected chi connectivity index (χ4v) is 1.97. The molecule has 0 fully saturated rings. The summed E-state index contributed by atoms with van der Waals surface area (Å²) in [6.07, 6.45) is 0.729. The van der Waals surface area contributed by atoms with Gasteiger partial charge in [-0.15, -0.1) is 0 Å². The molecule has 2 N–H and O–H groups in total. The Morgan fingerprint density at radius 3 is 2.40 bits per heavy atom. The fourth-order valence-electron chi connectivity index (χ4n) is 0.851. The van der Waals surface area contributed by atoms with Gasteiger partial charge in [-0.25, -0.2) is 0 Å². The third-order valence-corrected chi connectivity index (χ3v) is 4.13. The molecule has 0 aromatic carbocycles. The summed E-state index contributed by atoms with van der Waals surface area (Å²) < 4.78 is 16.6. The molecule has 15 heavy (non-hydrogen) atoms. The van der Waals surface area contributed by atoms with Crippen LogP contribution in [-0.2, 0) is 9.09 Å². The molecule has 0 aliphatic rings. The first-order valence-electron chi connectivity index (χ1n) is 4.96. The molecule has 6 heteroatoms. The summed E-state index contributed by atoms with van der Waals surface area (Å²) in [4.78, 5) is 9.54. The highest BCUT2D eigenvalue weighted by molar-refractivity contribution is 7.54. The van der Waals surface area contributed by atoms with E-state index in [2.05, 4.69) is 5.16 Å². The standard InChI is InChI=1S/C9H20NO4P/c1-7(2)5-6-14-15(12,13)9(4)8(3)10-11/h7,9,11H,5-6H2,1-4H3,(H,12,13). The Kier molecular flexibility index (Phi) is 6.10. The Morgan fingerprint density at radius 1 is 1.47 bits per heavy atom. The molecule has 0 rings (SSSR count). The van der Waals surface area contributed by atoms with E-state index in [9.17, 15) is 9.46 Å². The predicted molar refractivity (Wildman–Crippen MR) is 59.6 cm³/mol. The lowest BCUT2D eigenvalue weighted by Gasteiger charge is -2.18. The molecule has 0 aromatic heterocycles. The summed E-state index contributed by atoms with van der Waals surface area (Å²) in [5.74, 6) is 0.424. The normalized spacial score (nSPS) is 18.9. The largest absolute Gasteiger partial charge is 0.411 e. The summed E-state index contributed by atoms with van der Waals surface area (Å²) in [6.45, 7) is 7.25. The Hall–Kier alpha value is -0.380. The van der Waals surface area contributed by atoms with Crippen LogP contribution in [0.4, 0.5) is 0 Å². The predicted octanol–water partition coefficient (Wildman–Crippen LogP) is 2.47. The van der Waals surface area contributed by atoms with E-state index in [1.54, 1.807) is 0 Å². The molecule has 0 aliphatic heterocycles. The lowest BCUT2D eigenvalue weighted by atomic mass is 10.2. The van der Waals surface area contributed by atoms with Crippen molar-refractivity contribution < 1.29 is 19.2 Å². The van der Waals surface area contributed by atoms with Crippen molar-refractivity contribution in [2.45, 2.75) is 39.8 Å². The van der Waals surface area contributed by atoms with Crippen molar-refractivity contribution in [3.05, 3.63) is 0 Å². The van der Waals surface area contributed by atoms with E-state index in [0.29, 0.717) is 5.92 Å². The zero-order valence-corrected chi connectivity index (χ0v) is 10.6. The van der Waals surface area contributed by atoms with Crippen LogP contribution >= 0.6 is 7.60 Å². The van der Waals surface area contributed by atoms with E-state index in [1.165, 1.54) is 13.8 Å². The summed E-state index contributed by atoms with van der Waals surface area (Å²) in [5, 5.41) is 11.4. The van der Waals surface area contributed by atoms with Gasteiger partial charge in [0.2, 0.25) is 0 Å². The highest BCUT2D eigenvalue weighted by Crippen LogP contribution is 2.48. The van der Waals surface area contributed by atoms with Crippen LogP contribution in [0.25, 0.3) is 0 Å². The van der Waals surface area contributed by atoms with E-state index in [4.69, 9.17) is 9.73 Å². The molecular formula is C9H20NO4P. The summed E-state index contributed by atoms with van der Waals surface area (Å²) in [7, 11) is -3.70. The zero-order valence-electron chi connectivity index (χ0n) is 9.67. The van der Waals surface area contributed by atoms with Crippen LogP contribution < -0.4 is 0 Å². The van der Waals surface area contributed by atoms with Gasteiger partial charge in [0.25, 0.3) is 0 Å². The van der Waals surface area contributed by atoms with Crippen molar-refractivity contribution in [3.8, 4) is 0 Å². The molecule has 0 spiro atoms. The highest BCUT2D eigenvalue weighted by atomic mass is 31.2. The molecule has 5 nitrogen and oxygen atoms in total. The maximum atomic E-state index is 11.6. The molecule has 0 bridgehead atoms. The van der Waals surface area contributed by atoms with Crippen LogP contribution in [0.3, 0.4) is 0 Å². The average Bonchev–Trinajstić information content (AvgIpc) is 2.14. The molecule has 0 radical (unpaired) electrons. The van der Waals surface area contributed by atoms with Gasteiger partial charge < -0.3 is 14.6 Å². The van der Waals surface area contributed by atoms with E-state index in [1.807, 2.05) is 13.8 Å². The number of hydrogen-bond donors (Lipinski definition) is 2. The summed E-state index contributed by atoms with van der Waals surface area (Å²) >= 11 is 0. The quantitative estimate of drug-likeness (QED) is 0.322. The molecule has 0 saturated carbocycles. The second-order valence-corrected chi connectivity index (χ2v) is 6.16. The van der Waals surface area contributed by atoms with Gasteiger partial charge in [0.15, 0.2) is 0 Å². The molecule has 0 heterocycles. The Bertz CT molecular complexity index is 265. The minimum absolute atomic E-state index is 0.199. The van der Waals surface area contributed by atoms with Gasteiger partial charge in [-0.1, -0.05) is 19.0 Å². The molecule has 90 valence electrons. The molecule has 0 aromatic rings. The van der Waals surface area contributed by atoms with Gasteiger partial charge in [-0.3, -0.25) is 4.57 Å². The maximum Gasteiger partial charge on any atom is 0.336 e. The van der Waals surface area contributed by atoms with Gasteiger partial charge in [0.05, 0.1) is 18.0 Å². The Balaban J connectivity index is 4.24. The first kappa shape index (κ1) is 14.6. The second kappa shape index (κ2) is 6.26. The highest BCUT2D eigenvalue weighted by Gasteiger charge is 2.31. The van der Waals surface area contributed by atoms with Crippen LogP contribution in [0.15, 0.2) is 5.16 Å². The molecule has 2 atom stereocenters. The third kappa shape index (κ3) is 5.30. The third-order valence-electron chi connectivity index (χ3n) is 2.22. The van der Waals surface area contributed by atoms with Gasteiger partial charge in [0.1, 0.15) is 0 Å².